The molecule has 0 saturated heterocycles. The van der Waals surface area contributed by atoms with Gasteiger partial charge in [0.1, 0.15) is 11.9 Å². The molecule has 0 spiro atoms. The van der Waals surface area contributed by atoms with Crippen molar-refractivity contribution in [1.82, 2.24) is 10.6 Å². The summed E-state index contributed by atoms with van der Waals surface area (Å²) in [4.78, 5) is 24.2. The van der Waals surface area contributed by atoms with E-state index < -0.39 is 17.9 Å². The van der Waals surface area contributed by atoms with E-state index in [0.717, 1.165) is 11.1 Å². The second-order valence-electron chi connectivity index (χ2n) is 5.78. The quantitative estimate of drug-likeness (QED) is 0.747. The number of hydrogen-bond acceptors (Lipinski definition) is 4. The van der Waals surface area contributed by atoms with E-state index in [1.54, 1.807) is 14.2 Å². The predicted molar refractivity (Wildman–Crippen MR) is 98.8 cm³/mol. The Morgan fingerprint density at radius 2 is 1.62 bits per heavy atom. The highest BCUT2D eigenvalue weighted by Crippen LogP contribution is 2.26. The molecule has 2 amide bonds. The second-order valence-corrected chi connectivity index (χ2v) is 5.78. The van der Waals surface area contributed by atoms with Gasteiger partial charge in [-0.3, -0.25) is 9.59 Å². The van der Waals surface area contributed by atoms with Crippen LogP contribution in [0.15, 0.2) is 54.6 Å². The molecule has 0 unspecified atom stereocenters. The first-order valence-corrected chi connectivity index (χ1v) is 8.36. The molecular weight excluding hydrogens is 332 g/mol. The summed E-state index contributed by atoms with van der Waals surface area (Å²) in [7, 11) is 3.11. The monoisotopic (exact) mass is 356 g/mol. The van der Waals surface area contributed by atoms with Crippen molar-refractivity contribution in [1.29, 1.82) is 0 Å². The molecule has 6 nitrogen and oxygen atoms in total. The van der Waals surface area contributed by atoms with Gasteiger partial charge >= 0.3 is 11.8 Å². The first-order chi connectivity index (χ1) is 12.6. The molecule has 6 heteroatoms. The highest BCUT2D eigenvalue weighted by atomic mass is 16.5. The van der Waals surface area contributed by atoms with Crippen LogP contribution in [0.3, 0.4) is 0 Å². The molecule has 0 radical (unpaired) electrons. The standard InChI is InChI=1S/C20H24N2O4/c1-14(15-9-5-4-6-10-15)22-20(24)19(23)21-13-18(26-3)16-11-7-8-12-17(16)25-2/h4-12,14,18H,13H2,1-3H3,(H,21,23)(H,22,24)/t14-,18+/m0/s1. The Morgan fingerprint density at radius 3 is 2.27 bits per heavy atom. The summed E-state index contributed by atoms with van der Waals surface area (Å²) in [5.74, 6) is -0.725. The van der Waals surface area contributed by atoms with Crippen LogP contribution in [-0.2, 0) is 14.3 Å². The van der Waals surface area contributed by atoms with Crippen molar-refractivity contribution >= 4 is 11.8 Å². The molecule has 2 N–H and O–H groups in total. The summed E-state index contributed by atoms with van der Waals surface area (Å²) in [6.07, 6.45) is -0.422. The molecule has 2 aromatic carbocycles. The van der Waals surface area contributed by atoms with Gasteiger partial charge in [-0.25, -0.2) is 0 Å². The Hall–Kier alpha value is -2.86. The summed E-state index contributed by atoms with van der Waals surface area (Å²) >= 11 is 0. The van der Waals surface area contributed by atoms with Gasteiger partial charge in [-0.1, -0.05) is 48.5 Å². The zero-order valence-corrected chi connectivity index (χ0v) is 15.2. The number of para-hydroxylation sites is 1. The fourth-order valence-corrected chi connectivity index (χ4v) is 2.61. The number of benzene rings is 2. The number of nitrogens with one attached hydrogen (secondary N) is 2. The molecule has 0 aromatic heterocycles. The lowest BCUT2D eigenvalue weighted by molar-refractivity contribution is -0.139. The van der Waals surface area contributed by atoms with Crippen LogP contribution in [0.4, 0.5) is 0 Å². The van der Waals surface area contributed by atoms with Gasteiger partial charge in [0, 0.05) is 19.2 Å². The Kier molecular flexibility index (Phi) is 7.17. The van der Waals surface area contributed by atoms with Crippen LogP contribution in [0.5, 0.6) is 5.75 Å². The maximum atomic E-state index is 12.1. The van der Waals surface area contributed by atoms with Crippen LogP contribution in [0, 0.1) is 0 Å². The summed E-state index contributed by atoms with van der Waals surface area (Å²) in [6, 6.07) is 16.6. The molecule has 138 valence electrons. The molecular formula is C20H24N2O4. The number of ether oxygens (including phenoxy) is 2. The molecule has 0 saturated carbocycles. The molecule has 0 heterocycles. The largest absolute Gasteiger partial charge is 0.496 e. The van der Waals surface area contributed by atoms with Gasteiger partial charge in [0.15, 0.2) is 0 Å². The van der Waals surface area contributed by atoms with E-state index in [1.807, 2.05) is 61.5 Å². The van der Waals surface area contributed by atoms with Gasteiger partial charge in [-0.2, -0.15) is 0 Å². The maximum Gasteiger partial charge on any atom is 0.309 e. The Labute approximate surface area is 153 Å². The van der Waals surface area contributed by atoms with Gasteiger partial charge in [0.2, 0.25) is 0 Å². The third-order valence-electron chi connectivity index (χ3n) is 4.07. The van der Waals surface area contributed by atoms with Gasteiger partial charge in [-0.05, 0) is 18.6 Å². The van der Waals surface area contributed by atoms with Crippen molar-refractivity contribution in [2.45, 2.75) is 19.1 Å². The van der Waals surface area contributed by atoms with E-state index in [-0.39, 0.29) is 12.6 Å². The Morgan fingerprint density at radius 1 is 0.962 bits per heavy atom. The third kappa shape index (κ3) is 5.07. The van der Waals surface area contributed by atoms with Gasteiger partial charge < -0.3 is 20.1 Å². The number of rotatable bonds is 7. The summed E-state index contributed by atoms with van der Waals surface area (Å²) < 4.78 is 10.7. The zero-order valence-electron chi connectivity index (χ0n) is 15.2. The van der Waals surface area contributed by atoms with Gasteiger partial charge in [0.05, 0.1) is 13.2 Å². The topological polar surface area (TPSA) is 76.7 Å². The van der Waals surface area contributed by atoms with Crippen molar-refractivity contribution < 1.29 is 19.1 Å². The SMILES string of the molecule is COc1ccccc1[C@@H](CNC(=O)C(=O)N[C@@H](C)c1ccccc1)OC. The molecule has 2 atom stereocenters. The summed E-state index contributed by atoms with van der Waals surface area (Å²) in [5.41, 5.74) is 1.73. The van der Waals surface area contributed by atoms with Crippen LogP contribution in [0.2, 0.25) is 0 Å². The normalized spacial score (nSPS) is 12.7. The fourth-order valence-electron chi connectivity index (χ4n) is 2.61. The Bertz CT molecular complexity index is 734. The average molecular weight is 356 g/mol. The second kappa shape index (κ2) is 9.58. The third-order valence-corrected chi connectivity index (χ3v) is 4.07. The van der Waals surface area contributed by atoms with Crippen LogP contribution in [-0.4, -0.2) is 32.6 Å². The molecule has 2 aromatic rings. The van der Waals surface area contributed by atoms with Crippen LogP contribution < -0.4 is 15.4 Å². The smallest absolute Gasteiger partial charge is 0.309 e. The van der Waals surface area contributed by atoms with Crippen molar-refractivity contribution in [3.8, 4) is 5.75 Å². The van der Waals surface area contributed by atoms with Crippen molar-refractivity contribution in [2.24, 2.45) is 0 Å². The van der Waals surface area contributed by atoms with E-state index >= 15 is 0 Å². The summed E-state index contributed by atoms with van der Waals surface area (Å²) in [6.45, 7) is 1.98. The number of carbonyl (C=O) groups excluding carboxylic acids is 2. The van der Waals surface area contributed by atoms with Gasteiger partial charge in [-0.15, -0.1) is 0 Å². The minimum atomic E-state index is -0.704. The van der Waals surface area contributed by atoms with Crippen LogP contribution in [0.25, 0.3) is 0 Å². The van der Waals surface area contributed by atoms with Crippen molar-refractivity contribution in [3.05, 3.63) is 65.7 Å². The minimum absolute atomic E-state index is 0.156. The van der Waals surface area contributed by atoms with Crippen molar-refractivity contribution in [2.75, 3.05) is 20.8 Å². The maximum absolute atomic E-state index is 12.1. The summed E-state index contributed by atoms with van der Waals surface area (Å²) in [5, 5.41) is 5.29. The average Bonchev–Trinajstić information content (AvgIpc) is 2.69. The first kappa shape index (κ1) is 19.5. The lowest BCUT2D eigenvalue weighted by atomic mass is 10.1. The van der Waals surface area contributed by atoms with Crippen LogP contribution in [0.1, 0.15) is 30.2 Å². The number of carbonyl (C=O) groups is 2. The minimum Gasteiger partial charge on any atom is -0.496 e. The molecule has 26 heavy (non-hydrogen) atoms. The lowest BCUT2D eigenvalue weighted by Gasteiger charge is -2.19. The molecule has 0 aliphatic carbocycles. The van der Waals surface area contributed by atoms with E-state index in [1.165, 1.54) is 0 Å². The first-order valence-electron chi connectivity index (χ1n) is 8.36. The van der Waals surface area contributed by atoms with E-state index in [9.17, 15) is 9.59 Å². The Balaban J connectivity index is 1.93. The highest BCUT2D eigenvalue weighted by Gasteiger charge is 2.20. The predicted octanol–water partition coefficient (Wildman–Crippen LogP) is 2.38. The molecule has 2 rings (SSSR count). The molecule has 0 aliphatic rings. The number of amides is 2. The highest BCUT2D eigenvalue weighted by molar-refractivity contribution is 6.35. The molecule has 0 fully saturated rings. The van der Waals surface area contributed by atoms with E-state index in [0.29, 0.717) is 5.75 Å². The van der Waals surface area contributed by atoms with Crippen molar-refractivity contribution in [3.63, 3.8) is 0 Å². The zero-order chi connectivity index (χ0) is 18.9. The van der Waals surface area contributed by atoms with E-state index in [4.69, 9.17) is 9.47 Å². The number of methoxy groups -OCH3 is 2. The molecule has 0 aliphatic heterocycles. The fraction of sp³-hybridized carbons (Fsp3) is 0.300. The lowest BCUT2D eigenvalue weighted by Crippen LogP contribution is -2.42. The van der Waals surface area contributed by atoms with E-state index in [2.05, 4.69) is 10.6 Å². The van der Waals surface area contributed by atoms with Crippen LogP contribution >= 0.6 is 0 Å². The number of hydrogen-bond donors (Lipinski definition) is 2. The van der Waals surface area contributed by atoms with Gasteiger partial charge in [0.25, 0.3) is 0 Å². The molecule has 0 bridgehead atoms.